The molecule has 0 radical (unpaired) electrons. The van der Waals surface area contributed by atoms with Crippen LogP contribution in [0.3, 0.4) is 0 Å². The van der Waals surface area contributed by atoms with Crippen molar-refractivity contribution in [3.8, 4) is 0 Å². The molecule has 1 aliphatic rings. The second-order valence-electron chi connectivity index (χ2n) is 5.25. The minimum absolute atomic E-state index is 0.0358. The van der Waals surface area contributed by atoms with Crippen LogP contribution >= 0.6 is 15.9 Å². The van der Waals surface area contributed by atoms with E-state index in [1.807, 2.05) is 0 Å². The molecule has 1 fully saturated rings. The van der Waals surface area contributed by atoms with Crippen LogP contribution in [0.25, 0.3) is 0 Å². The minimum Gasteiger partial charge on any atom is -0.396 e. The molecule has 0 spiro atoms. The molecule has 1 aliphatic heterocycles. The van der Waals surface area contributed by atoms with Gasteiger partial charge in [0.05, 0.1) is 29.3 Å². The highest BCUT2D eigenvalue weighted by atomic mass is 79.9. The van der Waals surface area contributed by atoms with Gasteiger partial charge in [-0.05, 0) is 41.9 Å². The highest BCUT2D eigenvalue weighted by Crippen LogP contribution is 2.33. The van der Waals surface area contributed by atoms with E-state index in [0.29, 0.717) is 13.2 Å². The van der Waals surface area contributed by atoms with Crippen molar-refractivity contribution in [2.45, 2.75) is 24.3 Å². The molecule has 2 N–H and O–H groups in total. The largest absolute Gasteiger partial charge is 0.396 e. The van der Waals surface area contributed by atoms with Gasteiger partial charge in [-0.1, -0.05) is 0 Å². The van der Waals surface area contributed by atoms with Gasteiger partial charge in [0, 0.05) is 11.0 Å². The molecule has 0 aliphatic carbocycles. The normalized spacial score (nSPS) is 20.0. The maximum Gasteiger partial charge on any atom is 0.244 e. The molecule has 1 aromatic carbocycles. The molecule has 5 nitrogen and oxygen atoms in total. The first kappa shape index (κ1) is 15.7. The number of morpholine rings is 1. The molecule has 0 aromatic heterocycles. The molecule has 1 saturated heterocycles. The fourth-order valence-electron chi connectivity index (χ4n) is 2.15. The third-order valence-corrected chi connectivity index (χ3v) is 6.26. The number of ether oxygens (including phenoxy) is 1. The summed E-state index contributed by atoms with van der Waals surface area (Å²) in [6.45, 7) is 4.45. The van der Waals surface area contributed by atoms with E-state index in [0.717, 1.165) is 12.1 Å². The second-order valence-corrected chi connectivity index (χ2v) is 7.93. The van der Waals surface area contributed by atoms with Crippen LogP contribution in [0.1, 0.15) is 13.8 Å². The zero-order chi connectivity index (χ0) is 15.1. The Morgan fingerprint density at radius 1 is 1.45 bits per heavy atom. The van der Waals surface area contributed by atoms with E-state index >= 15 is 0 Å². The Bertz CT molecular complexity index is 634. The van der Waals surface area contributed by atoms with E-state index in [2.05, 4.69) is 15.9 Å². The molecule has 0 amide bonds. The SMILES string of the molecule is CC1(C)COCCN1S(=O)(=O)c1cc(N)c(F)cc1Br. The summed E-state index contributed by atoms with van der Waals surface area (Å²) in [6, 6.07) is 2.20. The quantitative estimate of drug-likeness (QED) is 0.812. The van der Waals surface area contributed by atoms with Crippen molar-refractivity contribution < 1.29 is 17.5 Å². The topological polar surface area (TPSA) is 72.6 Å². The van der Waals surface area contributed by atoms with Crippen molar-refractivity contribution in [3.05, 3.63) is 22.4 Å². The van der Waals surface area contributed by atoms with Gasteiger partial charge in [0.15, 0.2) is 0 Å². The lowest BCUT2D eigenvalue weighted by atomic mass is 10.1. The van der Waals surface area contributed by atoms with Crippen LogP contribution < -0.4 is 5.73 Å². The predicted octanol–water partition coefficient (Wildman–Crippen LogP) is 1.97. The molecule has 0 unspecified atom stereocenters. The van der Waals surface area contributed by atoms with Gasteiger partial charge in [-0.2, -0.15) is 4.31 Å². The Morgan fingerprint density at radius 3 is 2.70 bits per heavy atom. The highest BCUT2D eigenvalue weighted by Gasteiger charge is 2.40. The third kappa shape index (κ3) is 2.69. The molecule has 112 valence electrons. The van der Waals surface area contributed by atoms with Crippen LogP contribution in [-0.2, 0) is 14.8 Å². The number of anilines is 1. The highest BCUT2D eigenvalue weighted by molar-refractivity contribution is 9.10. The number of hydrogen-bond donors (Lipinski definition) is 1. The van der Waals surface area contributed by atoms with Gasteiger partial charge in [0.25, 0.3) is 0 Å². The summed E-state index contributed by atoms with van der Waals surface area (Å²) in [4.78, 5) is -0.0358. The van der Waals surface area contributed by atoms with E-state index in [1.54, 1.807) is 13.8 Å². The number of hydrogen-bond acceptors (Lipinski definition) is 4. The van der Waals surface area contributed by atoms with Crippen LogP contribution in [0, 0.1) is 5.82 Å². The number of rotatable bonds is 2. The summed E-state index contributed by atoms with van der Waals surface area (Å²) >= 11 is 3.09. The lowest BCUT2D eigenvalue weighted by molar-refractivity contribution is -0.00772. The average molecular weight is 367 g/mol. The number of sulfonamides is 1. The Labute approximate surface area is 126 Å². The van der Waals surface area contributed by atoms with Gasteiger partial charge < -0.3 is 10.5 Å². The van der Waals surface area contributed by atoms with E-state index < -0.39 is 21.4 Å². The number of halogens is 2. The van der Waals surface area contributed by atoms with Gasteiger partial charge >= 0.3 is 0 Å². The molecule has 2 rings (SSSR count). The molecule has 1 heterocycles. The minimum atomic E-state index is -3.78. The van der Waals surface area contributed by atoms with E-state index in [-0.39, 0.29) is 21.6 Å². The van der Waals surface area contributed by atoms with Gasteiger partial charge in [-0.3, -0.25) is 0 Å². The fourth-order valence-corrected chi connectivity index (χ4v) is 4.92. The van der Waals surface area contributed by atoms with Gasteiger partial charge in [-0.25, -0.2) is 12.8 Å². The van der Waals surface area contributed by atoms with E-state index in [1.165, 1.54) is 4.31 Å². The van der Waals surface area contributed by atoms with Gasteiger partial charge in [0.1, 0.15) is 5.82 Å². The van der Waals surface area contributed by atoms with Crippen molar-refractivity contribution in [2.24, 2.45) is 0 Å². The summed E-state index contributed by atoms with van der Waals surface area (Å²) in [5, 5.41) is 0. The van der Waals surface area contributed by atoms with Crippen LogP contribution in [0.2, 0.25) is 0 Å². The summed E-state index contributed by atoms with van der Waals surface area (Å²) in [5.74, 6) is -0.655. The first-order valence-electron chi connectivity index (χ1n) is 6.01. The molecule has 0 saturated carbocycles. The van der Waals surface area contributed by atoms with Crippen LogP contribution in [-0.4, -0.2) is 38.0 Å². The van der Waals surface area contributed by atoms with Crippen molar-refractivity contribution in [1.82, 2.24) is 4.31 Å². The van der Waals surface area contributed by atoms with Crippen molar-refractivity contribution >= 4 is 31.6 Å². The van der Waals surface area contributed by atoms with Crippen LogP contribution in [0.4, 0.5) is 10.1 Å². The molecular formula is C12H16BrFN2O3S. The van der Waals surface area contributed by atoms with Crippen molar-refractivity contribution in [3.63, 3.8) is 0 Å². The Balaban J connectivity index is 2.53. The summed E-state index contributed by atoms with van der Waals surface area (Å²) in [5.41, 5.74) is 4.62. The molecule has 0 atom stereocenters. The van der Waals surface area contributed by atoms with Crippen LogP contribution in [0.15, 0.2) is 21.5 Å². The Hall–Kier alpha value is -0.700. The Kier molecular flexibility index (Phi) is 4.12. The van der Waals surface area contributed by atoms with E-state index in [9.17, 15) is 12.8 Å². The number of nitrogen functional groups attached to an aromatic ring is 1. The van der Waals surface area contributed by atoms with E-state index in [4.69, 9.17) is 10.5 Å². The summed E-state index contributed by atoms with van der Waals surface area (Å²) < 4.78 is 45.7. The molecular weight excluding hydrogens is 351 g/mol. The number of benzene rings is 1. The molecule has 0 bridgehead atoms. The van der Waals surface area contributed by atoms with Gasteiger partial charge in [0.2, 0.25) is 10.0 Å². The number of nitrogens with two attached hydrogens (primary N) is 1. The summed E-state index contributed by atoms with van der Waals surface area (Å²) in [6.07, 6.45) is 0. The first-order valence-corrected chi connectivity index (χ1v) is 8.25. The zero-order valence-electron chi connectivity index (χ0n) is 11.2. The predicted molar refractivity (Wildman–Crippen MR) is 77.3 cm³/mol. The maximum absolute atomic E-state index is 13.4. The lowest BCUT2D eigenvalue weighted by Gasteiger charge is -2.40. The van der Waals surface area contributed by atoms with Crippen molar-refractivity contribution in [2.75, 3.05) is 25.5 Å². The third-order valence-electron chi connectivity index (χ3n) is 3.19. The first-order chi connectivity index (χ1) is 9.16. The molecule has 1 aromatic rings. The Morgan fingerprint density at radius 2 is 2.10 bits per heavy atom. The number of nitrogens with zero attached hydrogens (tertiary/aromatic N) is 1. The zero-order valence-corrected chi connectivity index (χ0v) is 13.6. The summed E-state index contributed by atoms with van der Waals surface area (Å²) in [7, 11) is -3.78. The molecule has 20 heavy (non-hydrogen) atoms. The monoisotopic (exact) mass is 366 g/mol. The van der Waals surface area contributed by atoms with Gasteiger partial charge in [-0.15, -0.1) is 0 Å². The standard InChI is InChI=1S/C12H16BrFN2O3S/c1-12(2)7-19-4-3-16(12)20(17,18)11-6-10(15)9(14)5-8(11)13/h5-6H,3-4,7,15H2,1-2H3. The molecule has 8 heteroatoms. The fraction of sp³-hybridized carbons (Fsp3) is 0.500. The van der Waals surface area contributed by atoms with Crippen molar-refractivity contribution in [1.29, 1.82) is 0 Å². The second kappa shape index (κ2) is 5.25. The van der Waals surface area contributed by atoms with Crippen LogP contribution in [0.5, 0.6) is 0 Å². The average Bonchev–Trinajstić information content (AvgIpc) is 2.32. The lowest BCUT2D eigenvalue weighted by Crippen LogP contribution is -2.55. The maximum atomic E-state index is 13.4. The smallest absolute Gasteiger partial charge is 0.244 e.